The molecule has 0 saturated heterocycles. The van der Waals surface area contributed by atoms with Crippen LogP contribution in [0.3, 0.4) is 0 Å². The van der Waals surface area contributed by atoms with Crippen LogP contribution in [0.4, 0.5) is 5.69 Å². The molecule has 1 aromatic carbocycles. The number of nitrogens with zero attached hydrogens (tertiary/aromatic N) is 1. The number of carbonyl (C=O) groups excluding carboxylic acids is 1. The van der Waals surface area contributed by atoms with Crippen molar-refractivity contribution in [3.8, 4) is 0 Å². The van der Waals surface area contributed by atoms with Crippen molar-refractivity contribution in [2.75, 3.05) is 0 Å². The number of aliphatic hydroxyl groups excluding tert-OH is 1. The number of aliphatic imine (C=N–C) groups is 1. The largest absolute Gasteiger partial charge is 0.515 e. The maximum Gasteiger partial charge on any atom is 0.154 e. The molecule has 0 unspecified atom stereocenters. The summed E-state index contributed by atoms with van der Waals surface area (Å²) in [6.07, 6.45) is 2.56. The van der Waals surface area contributed by atoms with Crippen LogP contribution in [0.5, 0.6) is 0 Å². The Morgan fingerprint density at radius 1 is 1.31 bits per heavy atom. The van der Waals surface area contributed by atoms with Crippen LogP contribution in [0.1, 0.15) is 0 Å². The topological polar surface area (TPSA) is 49.7 Å². The first-order chi connectivity index (χ1) is 6.36. The summed E-state index contributed by atoms with van der Waals surface area (Å²) in [6.45, 7) is 0. The van der Waals surface area contributed by atoms with E-state index in [2.05, 4.69) is 4.99 Å². The average molecular weight is 175 g/mol. The zero-order valence-corrected chi connectivity index (χ0v) is 6.92. The summed E-state index contributed by atoms with van der Waals surface area (Å²) in [6, 6.07) is 9.17. The lowest BCUT2D eigenvalue weighted by molar-refractivity contribution is -0.104. The zero-order chi connectivity index (χ0) is 9.52. The fourth-order valence-electron chi connectivity index (χ4n) is 0.757. The Labute approximate surface area is 76.1 Å². The number of aliphatic hydroxyl groups is 1. The molecule has 0 bridgehead atoms. The van der Waals surface area contributed by atoms with Crippen LogP contribution >= 0.6 is 0 Å². The van der Waals surface area contributed by atoms with Gasteiger partial charge in [0.25, 0.3) is 0 Å². The third-order valence-electron chi connectivity index (χ3n) is 1.40. The van der Waals surface area contributed by atoms with Crippen molar-refractivity contribution in [1.29, 1.82) is 0 Å². The molecule has 0 heterocycles. The van der Waals surface area contributed by atoms with Crippen molar-refractivity contribution in [2.24, 2.45) is 4.99 Å². The highest BCUT2D eigenvalue weighted by molar-refractivity contribution is 6.02. The number of para-hydroxylation sites is 1. The minimum Gasteiger partial charge on any atom is -0.515 e. The number of allylic oxidation sites excluding steroid dienone is 1. The second-order valence-corrected chi connectivity index (χ2v) is 2.34. The lowest BCUT2D eigenvalue weighted by Gasteiger charge is -1.90. The summed E-state index contributed by atoms with van der Waals surface area (Å²) < 4.78 is 0. The minimum absolute atomic E-state index is 0.142. The molecule has 0 aromatic heterocycles. The molecule has 0 spiro atoms. The molecule has 0 aliphatic heterocycles. The number of rotatable bonds is 3. The van der Waals surface area contributed by atoms with E-state index in [1.165, 1.54) is 6.21 Å². The molecule has 0 radical (unpaired) electrons. The molecule has 0 saturated carbocycles. The van der Waals surface area contributed by atoms with Gasteiger partial charge >= 0.3 is 0 Å². The molecular weight excluding hydrogens is 166 g/mol. The maximum absolute atomic E-state index is 10.2. The molecule has 1 aromatic rings. The van der Waals surface area contributed by atoms with Gasteiger partial charge in [-0.15, -0.1) is 0 Å². The highest BCUT2D eigenvalue weighted by Crippen LogP contribution is 2.08. The molecule has 13 heavy (non-hydrogen) atoms. The molecule has 3 nitrogen and oxygen atoms in total. The maximum atomic E-state index is 10.2. The summed E-state index contributed by atoms with van der Waals surface area (Å²) in [4.78, 5) is 14.2. The van der Waals surface area contributed by atoms with E-state index in [0.29, 0.717) is 6.29 Å². The van der Waals surface area contributed by atoms with Gasteiger partial charge in [-0.05, 0) is 12.1 Å². The number of carbonyl (C=O) groups is 1. The molecule has 0 aliphatic carbocycles. The summed E-state index contributed by atoms with van der Waals surface area (Å²) >= 11 is 0. The van der Waals surface area contributed by atoms with E-state index in [9.17, 15) is 4.79 Å². The van der Waals surface area contributed by atoms with Crippen LogP contribution in [0.25, 0.3) is 0 Å². The van der Waals surface area contributed by atoms with Gasteiger partial charge in [-0.25, -0.2) is 0 Å². The van der Waals surface area contributed by atoms with E-state index >= 15 is 0 Å². The number of hydrogen-bond donors (Lipinski definition) is 1. The van der Waals surface area contributed by atoms with Gasteiger partial charge in [0, 0.05) is 6.21 Å². The van der Waals surface area contributed by atoms with Gasteiger partial charge in [0.2, 0.25) is 0 Å². The minimum atomic E-state index is 0.142. The first-order valence-electron chi connectivity index (χ1n) is 3.75. The fourth-order valence-corrected chi connectivity index (χ4v) is 0.757. The van der Waals surface area contributed by atoms with Crippen molar-refractivity contribution in [1.82, 2.24) is 0 Å². The van der Waals surface area contributed by atoms with Gasteiger partial charge in [-0.1, -0.05) is 18.2 Å². The normalized spacial score (nSPS) is 11.8. The Morgan fingerprint density at radius 3 is 2.54 bits per heavy atom. The second kappa shape index (κ2) is 4.87. The Hall–Kier alpha value is -1.90. The van der Waals surface area contributed by atoms with Crippen molar-refractivity contribution in [3.05, 3.63) is 42.2 Å². The Kier molecular flexibility index (Phi) is 3.45. The van der Waals surface area contributed by atoms with E-state index in [1.807, 2.05) is 18.2 Å². The summed E-state index contributed by atoms with van der Waals surface area (Å²) in [5.41, 5.74) is 0.882. The predicted molar refractivity (Wildman–Crippen MR) is 51.4 cm³/mol. The van der Waals surface area contributed by atoms with Gasteiger partial charge in [0.05, 0.1) is 17.5 Å². The molecule has 66 valence electrons. The third kappa shape index (κ3) is 2.91. The first-order valence-corrected chi connectivity index (χ1v) is 3.75. The van der Waals surface area contributed by atoms with Crippen LogP contribution < -0.4 is 0 Å². The average Bonchev–Trinajstić information content (AvgIpc) is 2.21. The summed E-state index contributed by atoms with van der Waals surface area (Å²) in [5, 5.41) is 8.52. The van der Waals surface area contributed by atoms with Crippen LogP contribution in [-0.4, -0.2) is 17.6 Å². The van der Waals surface area contributed by atoms with Gasteiger partial charge < -0.3 is 5.11 Å². The van der Waals surface area contributed by atoms with E-state index < -0.39 is 0 Å². The molecule has 0 atom stereocenters. The molecule has 1 N–H and O–H groups in total. The Bertz CT molecular complexity index is 328. The first kappa shape index (κ1) is 9.19. The number of benzene rings is 1. The lowest BCUT2D eigenvalue weighted by Crippen LogP contribution is -1.84. The molecule has 0 aliphatic rings. The Morgan fingerprint density at radius 2 is 2.00 bits per heavy atom. The molecule has 0 amide bonds. The zero-order valence-electron chi connectivity index (χ0n) is 6.92. The predicted octanol–water partition coefficient (Wildman–Crippen LogP) is 2.03. The highest BCUT2D eigenvalue weighted by atomic mass is 16.2. The van der Waals surface area contributed by atoms with E-state index in [-0.39, 0.29) is 5.57 Å². The number of hydrogen-bond acceptors (Lipinski definition) is 3. The smallest absolute Gasteiger partial charge is 0.154 e. The summed E-state index contributed by atoms with van der Waals surface area (Å²) in [7, 11) is 0. The van der Waals surface area contributed by atoms with Gasteiger partial charge in [-0.2, -0.15) is 0 Å². The lowest BCUT2D eigenvalue weighted by atomic mass is 10.3. The van der Waals surface area contributed by atoms with Crippen LogP contribution in [0, 0.1) is 0 Å². The molecule has 1 rings (SSSR count). The number of aldehydes is 1. The van der Waals surface area contributed by atoms with Gasteiger partial charge in [-0.3, -0.25) is 9.79 Å². The Balaban J connectivity index is 2.74. The van der Waals surface area contributed by atoms with E-state index in [4.69, 9.17) is 5.11 Å². The van der Waals surface area contributed by atoms with E-state index in [0.717, 1.165) is 11.9 Å². The third-order valence-corrected chi connectivity index (χ3v) is 1.40. The quantitative estimate of drug-likeness (QED) is 0.330. The molecule has 3 heteroatoms. The highest BCUT2D eigenvalue weighted by Gasteiger charge is 1.88. The molecular formula is C10H9NO2. The van der Waals surface area contributed by atoms with Crippen LogP contribution in [0.15, 0.2) is 47.2 Å². The van der Waals surface area contributed by atoms with E-state index in [1.54, 1.807) is 12.1 Å². The van der Waals surface area contributed by atoms with Crippen molar-refractivity contribution >= 4 is 18.2 Å². The molecule has 0 fully saturated rings. The van der Waals surface area contributed by atoms with Gasteiger partial charge in [0.15, 0.2) is 6.29 Å². The fraction of sp³-hybridized carbons (Fsp3) is 0. The van der Waals surface area contributed by atoms with Crippen LogP contribution in [-0.2, 0) is 4.79 Å². The monoisotopic (exact) mass is 175 g/mol. The standard InChI is InChI=1S/C10H9NO2/c12-7-9(8-13)6-11-10-4-2-1-3-5-10/h1-8,12H. The van der Waals surface area contributed by atoms with Crippen molar-refractivity contribution < 1.29 is 9.90 Å². The van der Waals surface area contributed by atoms with Crippen LogP contribution in [0.2, 0.25) is 0 Å². The SMILES string of the molecule is O=CC(C=Nc1ccccc1)=CO. The van der Waals surface area contributed by atoms with Crippen molar-refractivity contribution in [3.63, 3.8) is 0 Å². The second-order valence-electron chi connectivity index (χ2n) is 2.34. The summed E-state index contributed by atoms with van der Waals surface area (Å²) in [5.74, 6) is 0. The van der Waals surface area contributed by atoms with Gasteiger partial charge in [0.1, 0.15) is 0 Å². The van der Waals surface area contributed by atoms with Crippen molar-refractivity contribution in [2.45, 2.75) is 0 Å².